The molecule has 0 spiro atoms. The first-order valence-electron chi connectivity index (χ1n) is 9.77. The monoisotopic (exact) mass is 423 g/mol. The predicted molar refractivity (Wildman–Crippen MR) is 112 cm³/mol. The van der Waals surface area contributed by atoms with Gasteiger partial charge in [-0.2, -0.15) is 0 Å². The summed E-state index contributed by atoms with van der Waals surface area (Å²) in [6.07, 6.45) is 4.88. The van der Waals surface area contributed by atoms with Gasteiger partial charge < -0.3 is 5.32 Å². The molecule has 30 heavy (non-hydrogen) atoms. The van der Waals surface area contributed by atoms with Gasteiger partial charge in [0, 0.05) is 17.6 Å². The smallest absolute Gasteiger partial charge is 0.294 e. The number of carbonyl (C=O) groups excluding carboxylic acids is 2. The highest BCUT2D eigenvalue weighted by molar-refractivity contribution is 6.30. The number of hydrogen-bond donors (Lipinski definition) is 1. The highest BCUT2D eigenvalue weighted by Gasteiger charge is 2.59. The number of benzene rings is 2. The van der Waals surface area contributed by atoms with Crippen molar-refractivity contribution in [1.29, 1.82) is 0 Å². The number of imide groups is 1. The van der Waals surface area contributed by atoms with Crippen LogP contribution in [0.1, 0.15) is 12.0 Å². The molecule has 0 unspecified atom stereocenters. The van der Waals surface area contributed by atoms with E-state index in [1.54, 1.807) is 30.3 Å². The van der Waals surface area contributed by atoms with E-state index < -0.39 is 4.92 Å². The molecule has 2 aliphatic carbocycles. The number of allylic oxidation sites excluding steroid dienone is 2. The Bertz CT molecular complexity index is 1090. The molecule has 8 heteroatoms. The number of nitro groups is 1. The third-order valence-corrected chi connectivity index (χ3v) is 6.51. The van der Waals surface area contributed by atoms with Crippen molar-refractivity contribution in [2.45, 2.75) is 13.0 Å². The Morgan fingerprint density at radius 2 is 1.77 bits per heavy atom. The number of halogens is 1. The zero-order chi connectivity index (χ0) is 21.0. The fourth-order valence-electron chi connectivity index (χ4n) is 4.96. The van der Waals surface area contributed by atoms with Crippen LogP contribution < -0.4 is 10.2 Å². The molecular formula is C22H18ClN3O4. The molecule has 1 aliphatic heterocycles. The second kappa shape index (κ2) is 6.95. The van der Waals surface area contributed by atoms with Crippen molar-refractivity contribution >= 4 is 40.5 Å². The van der Waals surface area contributed by atoms with Gasteiger partial charge in [0.15, 0.2) is 0 Å². The van der Waals surface area contributed by atoms with Gasteiger partial charge >= 0.3 is 0 Å². The molecule has 152 valence electrons. The first-order chi connectivity index (χ1) is 14.4. The van der Waals surface area contributed by atoms with Gasteiger partial charge in [0.2, 0.25) is 11.8 Å². The van der Waals surface area contributed by atoms with Crippen LogP contribution in [0.3, 0.4) is 0 Å². The third kappa shape index (κ3) is 2.89. The fourth-order valence-corrected chi connectivity index (χ4v) is 5.17. The molecule has 2 amide bonds. The molecule has 2 aromatic carbocycles. The van der Waals surface area contributed by atoms with E-state index in [4.69, 9.17) is 11.6 Å². The van der Waals surface area contributed by atoms with Gasteiger partial charge in [0.05, 0.1) is 22.4 Å². The molecule has 3 aliphatic rings. The number of carbonyl (C=O) groups is 2. The largest absolute Gasteiger partial charge is 0.375 e. The SMILES string of the molecule is O=C1[C@@H]2[C@H](C(=O)N1c1ccc(NCc3cccc(Cl)c3)c([N+](=O)[O-])c1)[C@H]1C=C[C@H]2C1. The van der Waals surface area contributed by atoms with Crippen molar-refractivity contribution < 1.29 is 14.5 Å². The van der Waals surface area contributed by atoms with Crippen molar-refractivity contribution in [2.75, 3.05) is 10.2 Å². The Kier molecular flexibility index (Phi) is 4.36. The molecule has 0 aromatic heterocycles. The van der Waals surface area contributed by atoms with Crippen LogP contribution in [0, 0.1) is 33.8 Å². The maximum Gasteiger partial charge on any atom is 0.294 e. The summed E-state index contributed by atoms with van der Waals surface area (Å²) in [4.78, 5) is 38.2. The zero-order valence-electron chi connectivity index (χ0n) is 15.8. The lowest BCUT2D eigenvalue weighted by molar-refractivity contribution is -0.383. The van der Waals surface area contributed by atoms with Crippen molar-refractivity contribution in [3.8, 4) is 0 Å². The van der Waals surface area contributed by atoms with Gasteiger partial charge in [0.1, 0.15) is 5.69 Å². The summed E-state index contributed by atoms with van der Waals surface area (Å²) in [5.41, 5.74) is 1.25. The van der Waals surface area contributed by atoms with E-state index in [9.17, 15) is 19.7 Å². The first-order valence-corrected chi connectivity index (χ1v) is 10.1. The van der Waals surface area contributed by atoms with Crippen LogP contribution in [0.25, 0.3) is 0 Å². The Labute approximate surface area is 177 Å². The highest BCUT2D eigenvalue weighted by Crippen LogP contribution is 2.53. The van der Waals surface area contributed by atoms with Gasteiger partial charge in [-0.05, 0) is 48.1 Å². The topological polar surface area (TPSA) is 92.6 Å². The number of hydrogen-bond acceptors (Lipinski definition) is 5. The average Bonchev–Trinajstić information content (AvgIpc) is 3.40. The number of anilines is 2. The van der Waals surface area contributed by atoms with E-state index in [-0.39, 0.29) is 46.9 Å². The Morgan fingerprint density at radius 1 is 1.07 bits per heavy atom. The molecule has 7 nitrogen and oxygen atoms in total. The van der Waals surface area contributed by atoms with Gasteiger partial charge in [-0.25, -0.2) is 4.90 Å². The predicted octanol–water partition coefficient (Wildman–Crippen LogP) is 4.17. The lowest BCUT2D eigenvalue weighted by Gasteiger charge is -2.18. The average molecular weight is 424 g/mol. The minimum atomic E-state index is -0.513. The summed E-state index contributed by atoms with van der Waals surface area (Å²) in [5.74, 6) is -1.00. The number of nitro benzene ring substituents is 1. The highest BCUT2D eigenvalue weighted by atomic mass is 35.5. The van der Waals surface area contributed by atoms with E-state index in [2.05, 4.69) is 5.32 Å². The van der Waals surface area contributed by atoms with Crippen molar-refractivity contribution in [3.05, 3.63) is 75.3 Å². The third-order valence-electron chi connectivity index (χ3n) is 6.28. The normalized spacial score (nSPS) is 26.4. The molecule has 1 N–H and O–H groups in total. The number of fused-ring (bicyclic) bond motifs is 5. The summed E-state index contributed by atoms with van der Waals surface area (Å²) in [6.45, 7) is 0.349. The van der Waals surface area contributed by atoms with E-state index in [0.717, 1.165) is 16.9 Å². The van der Waals surface area contributed by atoms with Gasteiger partial charge in [-0.15, -0.1) is 0 Å². The maximum atomic E-state index is 13.0. The quantitative estimate of drug-likeness (QED) is 0.337. The fraction of sp³-hybridized carbons (Fsp3) is 0.273. The molecule has 5 rings (SSSR count). The van der Waals surface area contributed by atoms with E-state index >= 15 is 0 Å². The maximum absolute atomic E-state index is 13.0. The Morgan fingerprint density at radius 3 is 2.40 bits per heavy atom. The minimum Gasteiger partial charge on any atom is -0.375 e. The number of amides is 2. The summed E-state index contributed by atoms with van der Waals surface area (Å²) in [5, 5.41) is 15.3. The van der Waals surface area contributed by atoms with Crippen molar-refractivity contribution in [2.24, 2.45) is 23.7 Å². The molecule has 1 saturated carbocycles. The molecule has 1 saturated heterocycles. The summed E-state index contributed by atoms with van der Waals surface area (Å²) in [6, 6.07) is 11.6. The van der Waals surface area contributed by atoms with Gasteiger partial charge in [-0.3, -0.25) is 19.7 Å². The lowest BCUT2D eigenvalue weighted by atomic mass is 9.85. The Balaban J connectivity index is 1.42. The van der Waals surface area contributed by atoms with E-state index in [1.807, 2.05) is 18.2 Å². The van der Waals surface area contributed by atoms with Crippen LogP contribution in [0.15, 0.2) is 54.6 Å². The van der Waals surface area contributed by atoms with Crippen LogP contribution in [-0.4, -0.2) is 16.7 Å². The summed E-state index contributed by atoms with van der Waals surface area (Å²) in [7, 11) is 0. The molecule has 2 aromatic rings. The molecule has 4 atom stereocenters. The number of nitrogens with zero attached hydrogens (tertiary/aromatic N) is 2. The minimum absolute atomic E-state index is 0.0927. The second-order valence-electron chi connectivity index (χ2n) is 7.95. The van der Waals surface area contributed by atoms with Gasteiger partial charge in [-0.1, -0.05) is 35.9 Å². The van der Waals surface area contributed by atoms with Crippen LogP contribution in [0.5, 0.6) is 0 Å². The molecular weight excluding hydrogens is 406 g/mol. The number of nitrogens with one attached hydrogen (secondary N) is 1. The standard InChI is InChI=1S/C22H18ClN3O4/c23-15-3-1-2-12(8-15)11-24-17-7-6-16(10-18(17)26(29)30)25-21(27)19-13-4-5-14(9-13)20(19)22(25)28/h1-8,10,13-14,19-20,24H,9,11H2/t13-,14-,19-,20+/m0/s1. The van der Waals surface area contributed by atoms with Crippen LogP contribution in [0.4, 0.5) is 17.1 Å². The summed E-state index contributed by atoms with van der Waals surface area (Å²) >= 11 is 5.98. The second-order valence-corrected chi connectivity index (χ2v) is 8.39. The number of rotatable bonds is 5. The van der Waals surface area contributed by atoms with Crippen LogP contribution >= 0.6 is 11.6 Å². The lowest BCUT2D eigenvalue weighted by Crippen LogP contribution is -2.32. The molecule has 2 bridgehead atoms. The van der Waals surface area contributed by atoms with Gasteiger partial charge in [0.25, 0.3) is 5.69 Å². The van der Waals surface area contributed by atoms with Crippen molar-refractivity contribution in [1.82, 2.24) is 0 Å². The Hall–Kier alpha value is -3.19. The van der Waals surface area contributed by atoms with Crippen LogP contribution in [-0.2, 0) is 16.1 Å². The van der Waals surface area contributed by atoms with Crippen LogP contribution in [0.2, 0.25) is 5.02 Å². The summed E-state index contributed by atoms with van der Waals surface area (Å²) < 4.78 is 0. The molecule has 2 fully saturated rings. The van der Waals surface area contributed by atoms with E-state index in [1.165, 1.54) is 6.07 Å². The molecule has 0 radical (unpaired) electrons. The molecule has 1 heterocycles. The van der Waals surface area contributed by atoms with Crippen molar-refractivity contribution in [3.63, 3.8) is 0 Å². The zero-order valence-corrected chi connectivity index (χ0v) is 16.6. The van der Waals surface area contributed by atoms with E-state index in [0.29, 0.717) is 17.3 Å². The first kappa shape index (κ1) is 18.8.